The van der Waals surface area contributed by atoms with Gasteiger partial charge < -0.3 is 4.74 Å². The Bertz CT molecular complexity index is 634. The molecule has 18 heavy (non-hydrogen) atoms. The average molecular weight is 259 g/mol. The van der Waals surface area contributed by atoms with Crippen molar-refractivity contribution in [2.24, 2.45) is 0 Å². The Morgan fingerprint density at radius 2 is 1.83 bits per heavy atom. The summed E-state index contributed by atoms with van der Waals surface area (Å²) in [4.78, 5) is 12.0. The highest BCUT2D eigenvalue weighted by Gasteiger charge is 2.34. The van der Waals surface area contributed by atoms with Crippen molar-refractivity contribution in [2.45, 2.75) is 5.92 Å². The van der Waals surface area contributed by atoms with Crippen LogP contribution in [0.15, 0.2) is 42.5 Å². The Hall–Kier alpha value is -1.80. The van der Waals surface area contributed by atoms with Crippen molar-refractivity contribution in [3.8, 4) is 11.1 Å². The van der Waals surface area contributed by atoms with Crippen LogP contribution in [-0.4, -0.2) is 13.1 Å². The van der Waals surface area contributed by atoms with Gasteiger partial charge in [0, 0.05) is 5.02 Å². The molecule has 0 aromatic heterocycles. The maximum Gasteiger partial charge on any atom is 0.317 e. The van der Waals surface area contributed by atoms with Gasteiger partial charge in [-0.2, -0.15) is 0 Å². The summed E-state index contributed by atoms with van der Waals surface area (Å²) in [5.74, 6) is -0.568. The molecular weight excluding hydrogens is 248 g/mol. The van der Waals surface area contributed by atoms with Crippen molar-refractivity contribution >= 4 is 17.6 Å². The van der Waals surface area contributed by atoms with Crippen molar-refractivity contribution in [2.75, 3.05) is 7.11 Å². The Morgan fingerprint density at radius 1 is 1.11 bits per heavy atom. The average Bonchev–Trinajstić information content (AvgIpc) is 2.72. The SMILES string of the molecule is COC(=O)C1c2ccccc2-c2cc(Cl)ccc21. The van der Waals surface area contributed by atoms with Crippen LogP contribution in [0.4, 0.5) is 0 Å². The number of hydrogen-bond acceptors (Lipinski definition) is 2. The van der Waals surface area contributed by atoms with Gasteiger partial charge in [-0.3, -0.25) is 4.79 Å². The lowest BCUT2D eigenvalue weighted by atomic mass is 9.97. The number of hydrogen-bond donors (Lipinski definition) is 0. The molecule has 0 aliphatic heterocycles. The van der Waals surface area contributed by atoms with Crippen LogP contribution in [0, 0.1) is 0 Å². The van der Waals surface area contributed by atoms with Crippen LogP contribution >= 0.6 is 11.6 Å². The molecule has 0 amide bonds. The van der Waals surface area contributed by atoms with Crippen LogP contribution in [0.1, 0.15) is 17.0 Å². The fourth-order valence-electron chi connectivity index (χ4n) is 2.55. The Morgan fingerprint density at radius 3 is 2.61 bits per heavy atom. The van der Waals surface area contributed by atoms with Crippen molar-refractivity contribution in [1.82, 2.24) is 0 Å². The molecule has 3 rings (SSSR count). The molecule has 0 spiro atoms. The number of ether oxygens (including phenoxy) is 1. The second kappa shape index (κ2) is 4.14. The maximum absolute atomic E-state index is 12.0. The van der Waals surface area contributed by atoms with Gasteiger partial charge in [0.1, 0.15) is 5.92 Å². The molecule has 2 aromatic carbocycles. The van der Waals surface area contributed by atoms with E-state index in [9.17, 15) is 4.79 Å². The van der Waals surface area contributed by atoms with E-state index in [2.05, 4.69) is 0 Å². The molecule has 1 aliphatic rings. The molecule has 0 N–H and O–H groups in total. The molecule has 3 heteroatoms. The summed E-state index contributed by atoms with van der Waals surface area (Å²) in [5, 5.41) is 0.675. The van der Waals surface area contributed by atoms with Crippen LogP contribution in [0.3, 0.4) is 0 Å². The number of esters is 1. The monoisotopic (exact) mass is 258 g/mol. The number of methoxy groups -OCH3 is 1. The van der Waals surface area contributed by atoms with Crippen LogP contribution in [0.25, 0.3) is 11.1 Å². The minimum atomic E-state index is -0.335. The Labute approximate surface area is 110 Å². The first-order valence-corrected chi connectivity index (χ1v) is 6.06. The van der Waals surface area contributed by atoms with E-state index in [4.69, 9.17) is 16.3 Å². The Kier molecular flexibility index (Phi) is 2.60. The zero-order valence-corrected chi connectivity index (χ0v) is 10.6. The van der Waals surface area contributed by atoms with Gasteiger partial charge >= 0.3 is 5.97 Å². The molecule has 2 nitrogen and oxygen atoms in total. The van der Waals surface area contributed by atoms with Gasteiger partial charge in [0.2, 0.25) is 0 Å². The van der Waals surface area contributed by atoms with Crippen LogP contribution in [-0.2, 0) is 9.53 Å². The van der Waals surface area contributed by atoms with Gasteiger partial charge in [0.05, 0.1) is 7.11 Å². The molecule has 2 aromatic rings. The second-order valence-electron chi connectivity index (χ2n) is 4.27. The summed E-state index contributed by atoms with van der Waals surface area (Å²) in [6.45, 7) is 0. The van der Waals surface area contributed by atoms with Gasteiger partial charge in [-0.25, -0.2) is 0 Å². The second-order valence-corrected chi connectivity index (χ2v) is 4.71. The van der Waals surface area contributed by atoms with Gasteiger partial charge in [0.25, 0.3) is 0 Å². The minimum Gasteiger partial charge on any atom is -0.468 e. The summed E-state index contributed by atoms with van der Waals surface area (Å²) in [6.07, 6.45) is 0. The molecule has 0 saturated heterocycles. The lowest BCUT2D eigenvalue weighted by Gasteiger charge is -2.10. The van der Waals surface area contributed by atoms with Gasteiger partial charge in [0.15, 0.2) is 0 Å². The highest BCUT2D eigenvalue weighted by atomic mass is 35.5. The number of carbonyl (C=O) groups is 1. The molecule has 0 heterocycles. The fourth-order valence-corrected chi connectivity index (χ4v) is 2.72. The van der Waals surface area contributed by atoms with Crippen molar-refractivity contribution < 1.29 is 9.53 Å². The summed E-state index contributed by atoms with van der Waals surface area (Å²) < 4.78 is 4.91. The van der Waals surface area contributed by atoms with Crippen molar-refractivity contribution in [3.05, 3.63) is 58.6 Å². The topological polar surface area (TPSA) is 26.3 Å². The van der Waals surface area contributed by atoms with Gasteiger partial charge in [-0.15, -0.1) is 0 Å². The van der Waals surface area contributed by atoms with E-state index in [1.54, 1.807) is 0 Å². The molecule has 0 fully saturated rings. The van der Waals surface area contributed by atoms with E-state index in [0.29, 0.717) is 5.02 Å². The van der Waals surface area contributed by atoms with E-state index in [1.807, 2.05) is 42.5 Å². The molecule has 0 bridgehead atoms. The van der Waals surface area contributed by atoms with E-state index in [1.165, 1.54) is 7.11 Å². The summed E-state index contributed by atoms with van der Waals surface area (Å²) in [7, 11) is 1.42. The molecular formula is C15H11ClO2. The lowest BCUT2D eigenvalue weighted by Crippen LogP contribution is -2.12. The van der Waals surface area contributed by atoms with E-state index < -0.39 is 0 Å². The first-order valence-electron chi connectivity index (χ1n) is 5.69. The molecule has 1 atom stereocenters. The number of benzene rings is 2. The normalized spacial score (nSPS) is 16.0. The number of carbonyl (C=O) groups excluding carboxylic acids is 1. The van der Waals surface area contributed by atoms with E-state index >= 15 is 0 Å². The number of halogens is 1. The van der Waals surface area contributed by atoms with E-state index in [-0.39, 0.29) is 11.9 Å². The van der Waals surface area contributed by atoms with Crippen LogP contribution < -0.4 is 0 Å². The highest BCUT2D eigenvalue weighted by Crippen LogP contribution is 2.45. The third-order valence-corrected chi connectivity index (χ3v) is 3.56. The Balaban J connectivity index is 2.28. The molecule has 1 unspecified atom stereocenters. The predicted octanol–water partition coefficient (Wildman–Crippen LogP) is 3.63. The van der Waals surface area contributed by atoms with Gasteiger partial charge in [-0.05, 0) is 34.4 Å². The first-order chi connectivity index (χ1) is 8.72. The first kappa shape index (κ1) is 11.3. The van der Waals surface area contributed by atoms with Crippen molar-refractivity contribution in [3.63, 3.8) is 0 Å². The maximum atomic E-state index is 12.0. The summed E-state index contributed by atoms with van der Waals surface area (Å²) in [6, 6.07) is 13.5. The molecule has 1 aliphatic carbocycles. The third kappa shape index (κ3) is 1.53. The quantitative estimate of drug-likeness (QED) is 0.730. The van der Waals surface area contributed by atoms with E-state index in [0.717, 1.165) is 22.3 Å². The zero-order valence-electron chi connectivity index (χ0n) is 9.81. The number of fused-ring (bicyclic) bond motifs is 3. The van der Waals surface area contributed by atoms with Crippen LogP contribution in [0.2, 0.25) is 5.02 Å². The standard InChI is InChI=1S/C15H11ClO2/c1-18-15(17)14-11-5-3-2-4-10(11)13-8-9(16)6-7-12(13)14/h2-8,14H,1H3. The largest absolute Gasteiger partial charge is 0.468 e. The summed E-state index contributed by atoms with van der Waals surface area (Å²) in [5.41, 5.74) is 4.04. The lowest BCUT2D eigenvalue weighted by molar-refractivity contribution is -0.141. The molecule has 0 saturated carbocycles. The fraction of sp³-hybridized carbons (Fsp3) is 0.133. The van der Waals surface area contributed by atoms with Crippen LogP contribution in [0.5, 0.6) is 0 Å². The van der Waals surface area contributed by atoms with Crippen molar-refractivity contribution in [1.29, 1.82) is 0 Å². The van der Waals surface area contributed by atoms with Gasteiger partial charge in [-0.1, -0.05) is 41.9 Å². The molecule has 90 valence electrons. The molecule has 0 radical (unpaired) electrons. The third-order valence-electron chi connectivity index (χ3n) is 3.33. The zero-order chi connectivity index (χ0) is 12.7. The highest BCUT2D eigenvalue weighted by molar-refractivity contribution is 6.31. The summed E-state index contributed by atoms with van der Waals surface area (Å²) >= 11 is 6.03. The number of rotatable bonds is 1. The predicted molar refractivity (Wildman–Crippen MR) is 70.7 cm³/mol. The minimum absolute atomic E-state index is 0.233. The smallest absolute Gasteiger partial charge is 0.317 e.